The van der Waals surface area contributed by atoms with Gasteiger partial charge in [-0.3, -0.25) is 4.57 Å². The van der Waals surface area contributed by atoms with Gasteiger partial charge in [0.05, 0.1) is 9.67 Å². The Kier molecular flexibility index (Phi) is 9.52. The minimum Gasteiger partial charge on any atom is -0.811 e. The van der Waals surface area contributed by atoms with Gasteiger partial charge in [0.25, 0.3) is 0 Å². The van der Waals surface area contributed by atoms with Crippen molar-refractivity contribution in [3.8, 4) is 0 Å². The van der Waals surface area contributed by atoms with E-state index in [-0.39, 0.29) is 68.5 Å². The van der Waals surface area contributed by atoms with Crippen molar-refractivity contribution in [1.29, 1.82) is 0 Å². The first kappa shape index (κ1) is 25.3. The molecule has 0 aliphatic carbocycles. The molecule has 1 aliphatic rings. The first-order chi connectivity index (χ1) is 9.93. The molecule has 0 radical (unpaired) electrons. The standard InChI is InChI=1S/C9H11F2IN3O6P.2Na/c10-9(11)5(16)4(2-22(18,19)20)21-7(9)15-1-3(12)6(13)14-8(15)17;;/h1,4-5,7,16H,2H2,(H2,13,14,17)(H2,18,19,20);;/q;2*+1/p-2/t4-,5-,7-;;/m1../s1. The van der Waals surface area contributed by atoms with Crippen LogP contribution in [0.15, 0.2) is 11.0 Å². The Morgan fingerprint density at radius 1 is 1.50 bits per heavy atom. The molecule has 2 rings (SSSR count). The summed E-state index contributed by atoms with van der Waals surface area (Å²) < 4.78 is 44.1. The average molecular weight is 497 g/mol. The van der Waals surface area contributed by atoms with Crippen molar-refractivity contribution < 1.29 is 92.1 Å². The van der Waals surface area contributed by atoms with E-state index >= 15 is 0 Å². The van der Waals surface area contributed by atoms with Crippen molar-refractivity contribution in [2.24, 2.45) is 0 Å². The van der Waals surface area contributed by atoms with E-state index in [2.05, 4.69) is 4.98 Å². The van der Waals surface area contributed by atoms with Gasteiger partial charge in [0.15, 0.2) is 0 Å². The van der Waals surface area contributed by atoms with Gasteiger partial charge in [-0.15, -0.1) is 0 Å². The molecule has 0 unspecified atom stereocenters. The molecule has 9 nitrogen and oxygen atoms in total. The monoisotopic (exact) mass is 497 g/mol. The summed E-state index contributed by atoms with van der Waals surface area (Å²) in [6, 6.07) is 0. The first-order valence-electron chi connectivity index (χ1n) is 5.70. The summed E-state index contributed by atoms with van der Waals surface area (Å²) in [4.78, 5) is 36.4. The number of hydrogen-bond acceptors (Lipinski definition) is 8. The third-order valence-electron chi connectivity index (χ3n) is 2.97. The first-order valence-corrected chi connectivity index (χ1v) is 8.50. The molecule has 1 aliphatic heterocycles. The Balaban J connectivity index is 0.00000264. The van der Waals surface area contributed by atoms with Crippen molar-refractivity contribution >= 4 is 36.0 Å². The molecule has 0 amide bonds. The molecule has 0 bridgehead atoms. The number of hydrogen-bond donors (Lipinski definition) is 2. The maximum atomic E-state index is 14.0. The van der Waals surface area contributed by atoms with E-state index in [0.717, 1.165) is 6.20 Å². The molecule has 1 aromatic heterocycles. The molecule has 2 heterocycles. The molecule has 1 fully saturated rings. The summed E-state index contributed by atoms with van der Waals surface area (Å²) in [6.07, 6.45) is -7.20. The predicted octanol–water partition coefficient (Wildman–Crippen LogP) is -7.75. The fraction of sp³-hybridized carbons (Fsp3) is 0.556. The zero-order chi connectivity index (χ0) is 16.9. The van der Waals surface area contributed by atoms with Gasteiger partial charge in [0.2, 0.25) is 6.23 Å². The third kappa shape index (κ3) is 5.42. The van der Waals surface area contributed by atoms with Gasteiger partial charge in [-0.25, -0.2) is 4.79 Å². The van der Waals surface area contributed by atoms with Crippen LogP contribution in [-0.2, 0) is 9.30 Å². The fourth-order valence-electron chi connectivity index (χ4n) is 1.96. The van der Waals surface area contributed by atoms with Crippen LogP contribution < -0.4 is 80.3 Å². The van der Waals surface area contributed by atoms with Crippen LogP contribution in [0.5, 0.6) is 0 Å². The van der Waals surface area contributed by atoms with Gasteiger partial charge in [-0.05, 0) is 22.6 Å². The van der Waals surface area contributed by atoms with Crippen LogP contribution in [0.2, 0.25) is 0 Å². The Labute approximate surface area is 192 Å². The number of nitrogens with zero attached hydrogens (tertiary/aromatic N) is 2. The quantitative estimate of drug-likeness (QED) is 0.237. The maximum absolute atomic E-state index is 14.0. The molecule has 0 saturated carbocycles. The van der Waals surface area contributed by atoms with Crippen molar-refractivity contribution in [2.45, 2.75) is 24.4 Å². The number of ether oxygens (including phenoxy) is 1. The fourth-order valence-corrected chi connectivity index (χ4v) is 3.11. The van der Waals surface area contributed by atoms with Gasteiger partial charge < -0.3 is 29.9 Å². The number of aliphatic hydroxyl groups excluding tert-OH is 1. The summed E-state index contributed by atoms with van der Waals surface area (Å²) in [5.41, 5.74) is 4.20. The summed E-state index contributed by atoms with van der Waals surface area (Å²) in [5.74, 6) is -4.17. The Morgan fingerprint density at radius 3 is 2.54 bits per heavy atom. The second-order valence-corrected chi connectivity index (χ2v) is 7.35. The van der Waals surface area contributed by atoms with Gasteiger partial charge in [-0.2, -0.15) is 13.8 Å². The second kappa shape index (κ2) is 9.02. The summed E-state index contributed by atoms with van der Waals surface area (Å²) in [6.45, 7) is 0. The third-order valence-corrected chi connectivity index (χ3v) is 4.61. The number of halogens is 3. The summed E-state index contributed by atoms with van der Waals surface area (Å²) >= 11 is 1.64. The van der Waals surface area contributed by atoms with E-state index < -0.39 is 43.8 Å². The van der Waals surface area contributed by atoms with Crippen molar-refractivity contribution in [1.82, 2.24) is 9.55 Å². The second-order valence-electron chi connectivity index (χ2n) is 4.60. The van der Waals surface area contributed by atoms with E-state index in [1.807, 2.05) is 0 Å². The Bertz CT molecular complexity index is 704. The maximum Gasteiger partial charge on any atom is 1.00 e. The summed E-state index contributed by atoms with van der Waals surface area (Å²) in [7, 11) is -5.20. The average Bonchev–Trinajstić information content (AvgIpc) is 2.56. The minimum atomic E-state index is -5.20. The van der Waals surface area contributed by atoms with Gasteiger partial charge in [-0.1, -0.05) is 7.60 Å². The van der Waals surface area contributed by atoms with Crippen LogP contribution in [0, 0.1) is 3.57 Å². The van der Waals surface area contributed by atoms with Gasteiger partial charge in [0, 0.05) is 12.4 Å². The number of nitrogen functional groups attached to an aromatic ring is 1. The minimum absolute atomic E-state index is 0. The van der Waals surface area contributed by atoms with Crippen LogP contribution in [0.25, 0.3) is 0 Å². The molecular weight excluding hydrogens is 488 g/mol. The topological polar surface area (TPSA) is 154 Å². The van der Waals surface area contributed by atoms with Crippen molar-refractivity contribution in [3.05, 3.63) is 20.3 Å². The van der Waals surface area contributed by atoms with E-state index in [1.165, 1.54) is 0 Å². The number of aromatic nitrogens is 2. The number of rotatable bonds is 3. The Hall–Kier alpha value is 1.34. The zero-order valence-electron chi connectivity index (χ0n) is 12.6. The van der Waals surface area contributed by atoms with Gasteiger partial charge >= 0.3 is 70.7 Å². The predicted molar refractivity (Wildman–Crippen MR) is 73.0 cm³/mol. The summed E-state index contributed by atoms with van der Waals surface area (Å²) in [5, 5.41) is 9.49. The van der Waals surface area contributed by atoms with Crippen LogP contribution in [0.4, 0.5) is 14.6 Å². The molecule has 24 heavy (non-hydrogen) atoms. The van der Waals surface area contributed by atoms with E-state index in [9.17, 15) is 33.0 Å². The largest absolute Gasteiger partial charge is 1.00 e. The Morgan fingerprint density at radius 2 is 2.04 bits per heavy atom. The molecule has 3 N–H and O–H groups in total. The molecule has 0 spiro atoms. The number of anilines is 1. The van der Waals surface area contributed by atoms with E-state index in [0.29, 0.717) is 4.57 Å². The SMILES string of the molecule is Nc1nc(=O)n([C@@H]2O[C@H](CP(=O)([O-])[O-])[C@@H](O)C2(F)F)cc1I.[Na+].[Na+]. The number of alkyl halides is 2. The smallest absolute Gasteiger partial charge is 0.811 e. The molecule has 0 aromatic carbocycles. The van der Waals surface area contributed by atoms with Crippen molar-refractivity contribution in [3.63, 3.8) is 0 Å². The molecule has 124 valence electrons. The van der Waals surface area contributed by atoms with Gasteiger partial charge in [0.1, 0.15) is 11.9 Å². The van der Waals surface area contributed by atoms with Crippen LogP contribution in [0.3, 0.4) is 0 Å². The number of aliphatic hydroxyl groups is 1. The van der Waals surface area contributed by atoms with Crippen LogP contribution >= 0.6 is 30.2 Å². The normalized spacial score (nSPS) is 25.7. The van der Waals surface area contributed by atoms with Crippen molar-refractivity contribution in [2.75, 3.05) is 11.9 Å². The number of nitrogens with two attached hydrogens (primary N) is 1. The molecule has 15 heteroatoms. The molecular formula is C9H9F2IN3Na2O6P. The molecule has 1 saturated heterocycles. The molecule has 1 aromatic rings. The van der Waals surface area contributed by atoms with Crippen LogP contribution in [0.1, 0.15) is 6.23 Å². The van der Waals surface area contributed by atoms with E-state index in [4.69, 9.17) is 10.5 Å². The van der Waals surface area contributed by atoms with Crippen LogP contribution in [-0.4, -0.2) is 38.9 Å². The van der Waals surface area contributed by atoms with E-state index in [1.54, 1.807) is 22.6 Å². The molecule has 3 atom stereocenters. The zero-order valence-corrected chi connectivity index (χ0v) is 19.6.